The minimum absolute atomic E-state index is 0.296. The predicted octanol–water partition coefficient (Wildman–Crippen LogP) is -0.392. The number of hydrogen-bond acceptors (Lipinski definition) is 6. The minimum atomic E-state index is -0.532. The largest absolute Gasteiger partial charge is 0.491 e. The highest BCUT2D eigenvalue weighted by Gasteiger charge is 2.11. The molecule has 1 aromatic carbocycles. The number of rotatable bonds is 9. The number of ether oxygens (including phenoxy) is 2. The SMILES string of the molecule is COCC(O)CN(C)CCOc1ccccc1C(=O)NN. The van der Waals surface area contributed by atoms with Crippen molar-refractivity contribution in [2.24, 2.45) is 5.84 Å². The van der Waals surface area contributed by atoms with Crippen molar-refractivity contribution in [3.05, 3.63) is 29.8 Å². The van der Waals surface area contributed by atoms with Crippen LogP contribution < -0.4 is 16.0 Å². The molecule has 1 rings (SSSR count). The number of nitrogens with zero attached hydrogens (tertiary/aromatic N) is 1. The van der Waals surface area contributed by atoms with Crippen LogP contribution in [0.1, 0.15) is 10.4 Å². The lowest BCUT2D eigenvalue weighted by Crippen LogP contribution is -2.34. The molecule has 0 bridgehead atoms. The van der Waals surface area contributed by atoms with Gasteiger partial charge in [-0.15, -0.1) is 0 Å². The number of hydrogen-bond donors (Lipinski definition) is 3. The topological polar surface area (TPSA) is 97.0 Å². The fraction of sp³-hybridized carbons (Fsp3) is 0.500. The van der Waals surface area contributed by atoms with Gasteiger partial charge in [0.15, 0.2) is 0 Å². The van der Waals surface area contributed by atoms with Crippen molar-refractivity contribution in [3.63, 3.8) is 0 Å². The van der Waals surface area contributed by atoms with E-state index in [-0.39, 0.29) is 0 Å². The summed E-state index contributed by atoms with van der Waals surface area (Å²) in [6, 6.07) is 6.88. The lowest BCUT2D eigenvalue weighted by molar-refractivity contribution is 0.0409. The Morgan fingerprint density at radius 1 is 1.48 bits per heavy atom. The first kappa shape index (κ1) is 17.4. The summed E-state index contributed by atoms with van der Waals surface area (Å²) in [5.41, 5.74) is 2.48. The van der Waals surface area contributed by atoms with Gasteiger partial charge in [0, 0.05) is 20.2 Å². The number of methoxy groups -OCH3 is 1. The van der Waals surface area contributed by atoms with Gasteiger partial charge in [-0.1, -0.05) is 12.1 Å². The fourth-order valence-electron chi connectivity index (χ4n) is 1.87. The van der Waals surface area contributed by atoms with Gasteiger partial charge in [0.25, 0.3) is 5.91 Å². The fourth-order valence-corrected chi connectivity index (χ4v) is 1.87. The quantitative estimate of drug-likeness (QED) is 0.326. The molecule has 0 spiro atoms. The van der Waals surface area contributed by atoms with Crippen LogP contribution >= 0.6 is 0 Å². The van der Waals surface area contributed by atoms with Crippen LogP contribution in [0.3, 0.4) is 0 Å². The van der Waals surface area contributed by atoms with Gasteiger partial charge < -0.3 is 19.5 Å². The molecule has 7 heteroatoms. The Morgan fingerprint density at radius 3 is 2.86 bits per heavy atom. The van der Waals surface area contributed by atoms with Crippen LogP contribution in [0.2, 0.25) is 0 Å². The van der Waals surface area contributed by atoms with E-state index >= 15 is 0 Å². The second kappa shape index (κ2) is 9.30. The van der Waals surface area contributed by atoms with Gasteiger partial charge in [0.1, 0.15) is 12.4 Å². The highest BCUT2D eigenvalue weighted by atomic mass is 16.5. The molecule has 4 N–H and O–H groups in total. The van der Waals surface area contributed by atoms with Gasteiger partial charge in [0.2, 0.25) is 0 Å². The van der Waals surface area contributed by atoms with Crippen LogP contribution in [0.15, 0.2) is 24.3 Å². The molecular weight excluding hydrogens is 274 g/mol. The molecule has 0 aliphatic carbocycles. The Labute approximate surface area is 124 Å². The number of benzene rings is 1. The van der Waals surface area contributed by atoms with Gasteiger partial charge >= 0.3 is 0 Å². The molecule has 1 unspecified atom stereocenters. The standard InChI is InChI=1S/C14H23N3O4/c1-17(9-11(18)10-20-2)7-8-21-13-6-4-3-5-12(13)14(19)16-15/h3-6,11,18H,7-10,15H2,1-2H3,(H,16,19). The molecule has 1 atom stereocenters. The lowest BCUT2D eigenvalue weighted by atomic mass is 10.2. The molecule has 21 heavy (non-hydrogen) atoms. The molecule has 0 aliphatic heterocycles. The van der Waals surface area contributed by atoms with Crippen LogP contribution in [0, 0.1) is 0 Å². The summed E-state index contributed by atoms with van der Waals surface area (Å²) in [7, 11) is 3.42. The molecule has 0 aliphatic rings. The Hall–Kier alpha value is -1.67. The van der Waals surface area contributed by atoms with Crippen LogP contribution in [-0.4, -0.2) is 62.5 Å². The van der Waals surface area contributed by atoms with E-state index in [0.29, 0.717) is 37.6 Å². The number of carbonyl (C=O) groups excluding carboxylic acids is 1. The molecule has 1 amide bonds. The Balaban J connectivity index is 2.44. The lowest BCUT2D eigenvalue weighted by Gasteiger charge is -2.20. The average Bonchev–Trinajstić information content (AvgIpc) is 2.47. The highest BCUT2D eigenvalue weighted by molar-refractivity contribution is 5.96. The molecule has 118 valence electrons. The van der Waals surface area contributed by atoms with E-state index in [0.717, 1.165) is 0 Å². The molecule has 0 saturated heterocycles. The molecule has 0 aromatic heterocycles. The smallest absolute Gasteiger partial charge is 0.268 e. The number of nitrogens with two attached hydrogens (primary N) is 1. The number of nitrogens with one attached hydrogen (secondary N) is 1. The van der Waals surface area contributed by atoms with Crippen LogP contribution in [0.4, 0.5) is 0 Å². The molecule has 7 nitrogen and oxygen atoms in total. The third kappa shape index (κ3) is 6.09. The maximum atomic E-state index is 11.6. The monoisotopic (exact) mass is 297 g/mol. The van der Waals surface area contributed by atoms with Crippen molar-refractivity contribution >= 4 is 5.91 Å². The van der Waals surface area contributed by atoms with Crippen molar-refractivity contribution in [3.8, 4) is 5.75 Å². The van der Waals surface area contributed by atoms with Crippen molar-refractivity contribution in [1.29, 1.82) is 0 Å². The zero-order valence-electron chi connectivity index (χ0n) is 12.4. The van der Waals surface area contributed by atoms with Gasteiger partial charge in [-0.25, -0.2) is 5.84 Å². The Bertz CT molecular complexity index is 442. The molecule has 1 aromatic rings. The first-order chi connectivity index (χ1) is 10.1. The highest BCUT2D eigenvalue weighted by Crippen LogP contribution is 2.17. The number of nitrogen functional groups attached to an aromatic ring is 1. The van der Waals surface area contributed by atoms with Crippen molar-refractivity contribution < 1.29 is 19.4 Å². The number of amides is 1. The number of aliphatic hydroxyl groups is 1. The molecule has 0 fully saturated rings. The first-order valence-corrected chi connectivity index (χ1v) is 6.66. The number of hydrazine groups is 1. The molecule has 0 heterocycles. The van der Waals surface area contributed by atoms with E-state index in [1.807, 2.05) is 11.9 Å². The maximum Gasteiger partial charge on any atom is 0.268 e. The summed E-state index contributed by atoms with van der Waals surface area (Å²) in [6.07, 6.45) is -0.532. The summed E-state index contributed by atoms with van der Waals surface area (Å²) in [6.45, 7) is 1.79. The second-order valence-electron chi connectivity index (χ2n) is 4.69. The number of para-hydroxylation sites is 1. The Kier molecular flexibility index (Phi) is 7.70. The van der Waals surface area contributed by atoms with E-state index in [1.165, 1.54) is 0 Å². The summed E-state index contributed by atoms with van der Waals surface area (Å²) >= 11 is 0. The Morgan fingerprint density at radius 2 is 2.19 bits per heavy atom. The summed E-state index contributed by atoms with van der Waals surface area (Å²) in [5.74, 6) is 5.21. The van der Waals surface area contributed by atoms with E-state index in [4.69, 9.17) is 15.3 Å². The van der Waals surface area contributed by atoms with Crippen molar-refractivity contribution in [1.82, 2.24) is 10.3 Å². The van der Waals surface area contributed by atoms with E-state index < -0.39 is 12.0 Å². The second-order valence-corrected chi connectivity index (χ2v) is 4.69. The van der Waals surface area contributed by atoms with E-state index in [9.17, 15) is 9.90 Å². The van der Waals surface area contributed by atoms with Gasteiger partial charge in [-0.3, -0.25) is 10.2 Å². The summed E-state index contributed by atoms with van der Waals surface area (Å²) < 4.78 is 10.5. The zero-order valence-corrected chi connectivity index (χ0v) is 12.4. The number of likely N-dealkylation sites (N-methyl/N-ethyl adjacent to an activating group) is 1. The summed E-state index contributed by atoms with van der Waals surface area (Å²) in [4.78, 5) is 13.5. The van der Waals surface area contributed by atoms with Crippen LogP contribution in [-0.2, 0) is 4.74 Å². The molecular formula is C14H23N3O4. The third-order valence-corrected chi connectivity index (χ3v) is 2.87. The third-order valence-electron chi connectivity index (χ3n) is 2.87. The number of aliphatic hydroxyl groups excluding tert-OH is 1. The predicted molar refractivity (Wildman–Crippen MR) is 79.0 cm³/mol. The normalized spacial score (nSPS) is 12.2. The van der Waals surface area contributed by atoms with Gasteiger partial charge in [0.05, 0.1) is 18.3 Å². The minimum Gasteiger partial charge on any atom is -0.491 e. The van der Waals surface area contributed by atoms with Gasteiger partial charge in [-0.05, 0) is 19.2 Å². The average molecular weight is 297 g/mol. The molecule has 0 radical (unpaired) electrons. The van der Waals surface area contributed by atoms with Crippen molar-refractivity contribution in [2.75, 3.05) is 40.5 Å². The summed E-state index contributed by atoms with van der Waals surface area (Å²) in [5, 5.41) is 9.61. The maximum absolute atomic E-state index is 11.6. The zero-order chi connectivity index (χ0) is 15.7. The van der Waals surface area contributed by atoms with Crippen LogP contribution in [0.25, 0.3) is 0 Å². The number of carbonyl (C=O) groups is 1. The van der Waals surface area contributed by atoms with E-state index in [2.05, 4.69) is 5.43 Å². The first-order valence-electron chi connectivity index (χ1n) is 6.66. The van der Waals surface area contributed by atoms with E-state index in [1.54, 1.807) is 31.4 Å². The van der Waals surface area contributed by atoms with Crippen LogP contribution in [0.5, 0.6) is 5.75 Å². The van der Waals surface area contributed by atoms with Crippen molar-refractivity contribution in [2.45, 2.75) is 6.10 Å². The van der Waals surface area contributed by atoms with Gasteiger partial charge in [-0.2, -0.15) is 0 Å². The molecule has 0 saturated carbocycles.